The number of esters is 1. The zero-order valence-electron chi connectivity index (χ0n) is 10.9. The molecule has 0 aliphatic heterocycles. The van der Waals surface area contributed by atoms with Crippen LogP contribution in [0.4, 0.5) is 0 Å². The highest BCUT2D eigenvalue weighted by atomic mass is 35.5. The molecule has 20 heavy (non-hydrogen) atoms. The largest absolute Gasteiger partial charge is 0.496 e. The number of aromatic nitrogens is 2. The van der Waals surface area contributed by atoms with Gasteiger partial charge in [-0.3, -0.25) is 0 Å². The van der Waals surface area contributed by atoms with E-state index in [0.29, 0.717) is 22.8 Å². The zero-order chi connectivity index (χ0) is 14.4. The fraction of sp³-hybridized carbons (Fsp3) is 0.214. The molecule has 0 amide bonds. The molecule has 2 aromatic rings. The molecule has 0 atom stereocenters. The molecule has 0 spiro atoms. The second kappa shape index (κ2) is 6.86. The van der Waals surface area contributed by atoms with Crippen LogP contribution in [0.15, 0.2) is 36.9 Å². The van der Waals surface area contributed by atoms with E-state index in [2.05, 4.69) is 9.97 Å². The highest BCUT2D eigenvalue weighted by molar-refractivity contribution is 6.30. The van der Waals surface area contributed by atoms with Crippen LogP contribution in [0.5, 0.6) is 5.75 Å². The molecule has 1 aromatic heterocycles. The van der Waals surface area contributed by atoms with E-state index in [1.165, 1.54) is 18.7 Å². The van der Waals surface area contributed by atoms with Crippen molar-refractivity contribution >= 4 is 17.6 Å². The maximum Gasteiger partial charge on any atom is 0.341 e. The van der Waals surface area contributed by atoms with Gasteiger partial charge in [-0.05, 0) is 17.7 Å². The summed E-state index contributed by atoms with van der Waals surface area (Å²) in [6, 6.07) is 5.34. The molecule has 0 saturated heterocycles. The van der Waals surface area contributed by atoms with Gasteiger partial charge in [0.25, 0.3) is 0 Å². The quantitative estimate of drug-likeness (QED) is 0.793. The summed E-state index contributed by atoms with van der Waals surface area (Å²) in [5, 5.41) is 0.601. The molecule has 0 radical (unpaired) electrons. The molecule has 0 bridgehead atoms. The molecule has 104 valence electrons. The second-order valence-electron chi connectivity index (χ2n) is 3.97. The number of hydrogen-bond donors (Lipinski definition) is 0. The van der Waals surface area contributed by atoms with Crippen LogP contribution in [0.2, 0.25) is 5.02 Å². The first-order chi connectivity index (χ1) is 9.70. The predicted octanol–water partition coefficient (Wildman–Crippen LogP) is 2.54. The third kappa shape index (κ3) is 3.68. The van der Waals surface area contributed by atoms with Gasteiger partial charge < -0.3 is 9.47 Å². The van der Waals surface area contributed by atoms with Crippen molar-refractivity contribution in [3.63, 3.8) is 0 Å². The van der Waals surface area contributed by atoms with E-state index in [0.717, 1.165) is 5.56 Å². The number of halogens is 1. The molecular weight excluding hydrogens is 280 g/mol. The van der Waals surface area contributed by atoms with Gasteiger partial charge in [-0.1, -0.05) is 17.7 Å². The smallest absolute Gasteiger partial charge is 0.341 e. The standard InChI is InChI=1S/C14H13ClN2O3/c1-19-13-6-12(15)3-2-10(13)4-5-20-14(18)11-7-16-9-17-8-11/h2-3,6-9H,4-5H2,1H3. The molecule has 1 heterocycles. The van der Waals surface area contributed by atoms with Crippen molar-refractivity contribution in [2.24, 2.45) is 0 Å². The molecule has 0 N–H and O–H groups in total. The van der Waals surface area contributed by atoms with Crippen LogP contribution in [-0.4, -0.2) is 29.7 Å². The number of methoxy groups -OCH3 is 1. The summed E-state index contributed by atoms with van der Waals surface area (Å²) in [5.41, 5.74) is 1.25. The molecule has 2 rings (SSSR count). The topological polar surface area (TPSA) is 61.3 Å². The molecule has 0 aliphatic carbocycles. The van der Waals surface area contributed by atoms with Crippen LogP contribution in [0.3, 0.4) is 0 Å². The molecular formula is C14H13ClN2O3. The fourth-order valence-electron chi connectivity index (χ4n) is 1.67. The monoisotopic (exact) mass is 292 g/mol. The van der Waals surface area contributed by atoms with Crippen LogP contribution in [0.25, 0.3) is 0 Å². The van der Waals surface area contributed by atoms with Crippen molar-refractivity contribution in [3.8, 4) is 5.75 Å². The Morgan fingerprint density at radius 1 is 1.30 bits per heavy atom. The Morgan fingerprint density at radius 2 is 2.05 bits per heavy atom. The molecule has 6 heteroatoms. The average Bonchev–Trinajstić information content (AvgIpc) is 2.49. The normalized spacial score (nSPS) is 10.1. The lowest BCUT2D eigenvalue weighted by Crippen LogP contribution is -2.09. The van der Waals surface area contributed by atoms with E-state index in [1.54, 1.807) is 19.2 Å². The van der Waals surface area contributed by atoms with E-state index in [9.17, 15) is 4.79 Å². The number of benzene rings is 1. The van der Waals surface area contributed by atoms with E-state index in [-0.39, 0.29) is 6.61 Å². The Balaban J connectivity index is 1.92. The Kier molecular flexibility index (Phi) is 4.90. The van der Waals surface area contributed by atoms with Crippen molar-refractivity contribution in [3.05, 3.63) is 53.1 Å². The number of carbonyl (C=O) groups excluding carboxylic acids is 1. The van der Waals surface area contributed by atoms with Crippen molar-refractivity contribution in [1.29, 1.82) is 0 Å². The van der Waals surface area contributed by atoms with Gasteiger partial charge in [0.05, 0.1) is 19.3 Å². The summed E-state index contributed by atoms with van der Waals surface area (Å²) < 4.78 is 10.4. The summed E-state index contributed by atoms with van der Waals surface area (Å²) in [7, 11) is 1.57. The third-order valence-electron chi connectivity index (χ3n) is 2.65. The summed E-state index contributed by atoms with van der Waals surface area (Å²) >= 11 is 5.88. The highest BCUT2D eigenvalue weighted by Crippen LogP contribution is 2.23. The van der Waals surface area contributed by atoms with E-state index in [1.807, 2.05) is 6.07 Å². The van der Waals surface area contributed by atoms with Crippen molar-refractivity contribution in [2.45, 2.75) is 6.42 Å². The Bertz CT molecular complexity index is 590. The first-order valence-corrected chi connectivity index (χ1v) is 6.33. The van der Waals surface area contributed by atoms with E-state index in [4.69, 9.17) is 21.1 Å². The van der Waals surface area contributed by atoms with Crippen LogP contribution < -0.4 is 4.74 Å². The lowest BCUT2D eigenvalue weighted by Gasteiger charge is -2.09. The number of ether oxygens (including phenoxy) is 2. The molecule has 1 aromatic carbocycles. The summed E-state index contributed by atoms with van der Waals surface area (Å²) in [5.74, 6) is 0.232. The number of carbonyl (C=O) groups is 1. The SMILES string of the molecule is COc1cc(Cl)ccc1CCOC(=O)c1cncnc1. The summed E-state index contributed by atoms with van der Waals surface area (Å²) in [4.78, 5) is 19.2. The maximum atomic E-state index is 11.7. The minimum absolute atomic E-state index is 0.242. The lowest BCUT2D eigenvalue weighted by molar-refractivity contribution is 0.0507. The summed E-state index contributed by atoms with van der Waals surface area (Å²) in [6.45, 7) is 0.242. The van der Waals surface area contributed by atoms with Crippen LogP contribution >= 0.6 is 11.6 Å². The number of nitrogens with zero attached hydrogens (tertiary/aromatic N) is 2. The minimum atomic E-state index is -0.446. The minimum Gasteiger partial charge on any atom is -0.496 e. The van der Waals surface area contributed by atoms with E-state index >= 15 is 0 Å². The van der Waals surface area contributed by atoms with Gasteiger partial charge in [0.15, 0.2) is 0 Å². The number of rotatable bonds is 5. The Morgan fingerprint density at radius 3 is 2.75 bits per heavy atom. The van der Waals surface area contributed by atoms with Gasteiger partial charge in [-0.25, -0.2) is 14.8 Å². The number of hydrogen-bond acceptors (Lipinski definition) is 5. The molecule has 0 aliphatic rings. The molecule has 5 nitrogen and oxygen atoms in total. The van der Waals surface area contributed by atoms with E-state index < -0.39 is 5.97 Å². The Hall–Kier alpha value is -2.14. The average molecular weight is 293 g/mol. The first-order valence-electron chi connectivity index (χ1n) is 5.95. The predicted molar refractivity (Wildman–Crippen MR) is 74.0 cm³/mol. The van der Waals surface area contributed by atoms with Gasteiger partial charge >= 0.3 is 5.97 Å². The lowest BCUT2D eigenvalue weighted by atomic mass is 10.1. The molecule has 0 saturated carbocycles. The third-order valence-corrected chi connectivity index (χ3v) is 2.89. The first kappa shape index (κ1) is 14.3. The fourth-order valence-corrected chi connectivity index (χ4v) is 1.83. The maximum absolute atomic E-state index is 11.7. The van der Waals surface area contributed by atoms with Crippen LogP contribution in [-0.2, 0) is 11.2 Å². The van der Waals surface area contributed by atoms with Gasteiger partial charge in [0.1, 0.15) is 12.1 Å². The van der Waals surface area contributed by atoms with Gasteiger partial charge in [-0.2, -0.15) is 0 Å². The van der Waals surface area contributed by atoms with Crippen molar-refractivity contribution < 1.29 is 14.3 Å². The van der Waals surface area contributed by atoms with Crippen LogP contribution in [0.1, 0.15) is 15.9 Å². The van der Waals surface area contributed by atoms with Gasteiger partial charge in [-0.15, -0.1) is 0 Å². The molecule has 0 unspecified atom stereocenters. The summed E-state index contributed by atoms with van der Waals surface area (Å²) in [6.07, 6.45) is 4.73. The highest BCUT2D eigenvalue weighted by Gasteiger charge is 2.09. The van der Waals surface area contributed by atoms with Crippen molar-refractivity contribution in [2.75, 3.05) is 13.7 Å². The zero-order valence-corrected chi connectivity index (χ0v) is 11.6. The van der Waals surface area contributed by atoms with Crippen LogP contribution in [0, 0.1) is 0 Å². The molecule has 0 fully saturated rings. The van der Waals surface area contributed by atoms with Gasteiger partial charge in [0, 0.05) is 23.8 Å². The second-order valence-corrected chi connectivity index (χ2v) is 4.41. The Labute approximate surface area is 121 Å². The van der Waals surface area contributed by atoms with Crippen molar-refractivity contribution in [1.82, 2.24) is 9.97 Å². The van der Waals surface area contributed by atoms with Gasteiger partial charge in [0.2, 0.25) is 0 Å².